The molecule has 1 aromatic rings. The van der Waals surface area contributed by atoms with Gasteiger partial charge in [0.05, 0.1) is 12.0 Å². The lowest BCUT2D eigenvalue weighted by Gasteiger charge is -2.18. The van der Waals surface area contributed by atoms with E-state index >= 15 is 0 Å². The third-order valence-electron chi connectivity index (χ3n) is 5.04. The van der Waals surface area contributed by atoms with E-state index in [9.17, 15) is 23.1 Å². The van der Waals surface area contributed by atoms with Crippen molar-refractivity contribution in [1.82, 2.24) is 4.57 Å². The van der Waals surface area contributed by atoms with Gasteiger partial charge in [0, 0.05) is 6.20 Å². The lowest BCUT2D eigenvalue weighted by Crippen LogP contribution is -2.26. The number of hydrogen-bond acceptors (Lipinski definition) is 1. The number of aromatic nitrogens is 1. The monoisotopic (exact) mass is 325 g/mol. The molecule has 6 heteroatoms. The van der Waals surface area contributed by atoms with E-state index in [0.29, 0.717) is 0 Å². The van der Waals surface area contributed by atoms with Crippen molar-refractivity contribution in [2.24, 2.45) is 16.7 Å². The Bertz CT molecular complexity index is 694. The van der Waals surface area contributed by atoms with Gasteiger partial charge >= 0.3 is 12.1 Å². The zero-order chi connectivity index (χ0) is 17.6. The van der Waals surface area contributed by atoms with Crippen LogP contribution in [-0.2, 0) is 23.9 Å². The van der Waals surface area contributed by atoms with Crippen molar-refractivity contribution >= 4 is 5.97 Å². The van der Waals surface area contributed by atoms with Crippen LogP contribution in [0.1, 0.15) is 25.1 Å². The Kier molecular flexibility index (Phi) is 3.88. The highest BCUT2D eigenvalue weighted by Gasteiger charge is 2.74. The zero-order valence-corrected chi connectivity index (χ0v) is 12.9. The van der Waals surface area contributed by atoms with Crippen LogP contribution in [0.2, 0.25) is 0 Å². The SMILES string of the molecule is C#CCn1ccc(C[C@@]2(C(=O)O)[C@H](C=C)C2(C)C)c1C(F)(F)F. The van der Waals surface area contributed by atoms with Gasteiger partial charge in [-0.1, -0.05) is 25.8 Å². The summed E-state index contributed by atoms with van der Waals surface area (Å²) in [6.07, 6.45) is 3.07. The molecule has 2 atom stereocenters. The summed E-state index contributed by atoms with van der Waals surface area (Å²) < 4.78 is 41.1. The Morgan fingerprint density at radius 2 is 2.17 bits per heavy atom. The number of aliphatic carboxylic acids is 1. The standard InChI is InChI=1S/C17H18F3NO2/c1-5-8-21-9-7-11(13(21)17(18,19)20)10-16(14(22)23)12(6-2)15(16,3)4/h1,6-7,9,12H,2,8,10H2,3-4H3,(H,22,23)/t12-,16+/m1/s1. The minimum atomic E-state index is -4.60. The number of carboxylic acid groups (broad SMARTS) is 1. The van der Waals surface area contributed by atoms with Crippen molar-refractivity contribution in [2.75, 3.05) is 0 Å². The highest BCUT2D eigenvalue weighted by molar-refractivity contribution is 5.82. The second kappa shape index (κ2) is 5.19. The molecule has 0 amide bonds. The molecular formula is C17H18F3NO2. The number of rotatable bonds is 5. The fourth-order valence-corrected chi connectivity index (χ4v) is 3.75. The smallest absolute Gasteiger partial charge is 0.431 e. The van der Waals surface area contributed by atoms with Crippen molar-refractivity contribution in [3.05, 3.63) is 36.2 Å². The Morgan fingerprint density at radius 1 is 1.57 bits per heavy atom. The van der Waals surface area contributed by atoms with Gasteiger partial charge in [-0.05, 0) is 29.4 Å². The fraction of sp³-hybridized carbons (Fsp3) is 0.471. The molecule has 1 N–H and O–H groups in total. The predicted molar refractivity (Wildman–Crippen MR) is 79.5 cm³/mol. The van der Waals surface area contributed by atoms with E-state index in [4.69, 9.17) is 6.42 Å². The van der Waals surface area contributed by atoms with E-state index in [2.05, 4.69) is 12.5 Å². The molecule has 0 aromatic carbocycles. The second-order valence-electron chi connectivity index (χ2n) is 6.41. The summed E-state index contributed by atoms with van der Waals surface area (Å²) in [5, 5.41) is 9.64. The van der Waals surface area contributed by atoms with E-state index < -0.39 is 28.7 Å². The first-order chi connectivity index (χ1) is 10.5. The van der Waals surface area contributed by atoms with E-state index in [1.54, 1.807) is 13.8 Å². The minimum absolute atomic E-state index is 0.0485. The molecule has 124 valence electrons. The highest BCUT2D eigenvalue weighted by atomic mass is 19.4. The lowest BCUT2D eigenvalue weighted by molar-refractivity contribution is -0.147. The average Bonchev–Trinajstić information content (AvgIpc) is 2.70. The third kappa shape index (κ3) is 2.35. The molecule has 2 rings (SSSR count). The van der Waals surface area contributed by atoms with E-state index in [1.165, 1.54) is 18.3 Å². The highest BCUT2D eigenvalue weighted by Crippen LogP contribution is 2.71. The predicted octanol–water partition coefficient (Wildman–Crippen LogP) is 3.60. The Labute approximate surface area is 132 Å². The summed E-state index contributed by atoms with van der Waals surface area (Å²) >= 11 is 0. The largest absolute Gasteiger partial charge is 0.481 e. The molecule has 0 bridgehead atoms. The third-order valence-corrected chi connectivity index (χ3v) is 5.04. The van der Waals surface area contributed by atoms with Crippen molar-refractivity contribution in [2.45, 2.75) is 33.0 Å². The molecule has 0 spiro atoms. The average molecular weight is 325 g/mol. The van der Waals surface area contributed by atoms with Crippen molar-refractivity contribution in [3.63, 3.8) is 0 Å². The molecule has 23 heavy (non-hydrogen) atoms. The van der Waals surface area contributed by atoms with Crippen molar-refractivity contribution < 1.29 is 23.1 Å². The lowest BCUT2D eigenvalue weighted by atomic mass is 9.88. The van der Waals surface area contributed by atoms with Gasteiger partial charge < -0.3 is 9.67 Å². The molecule has 1 fully saturated rings. The first-order valence-electron chi connectivity index (χ1n) is 7.08. The molecule has 0 saturated heterocycles. The van der Waals surface area contributed by atoms with Crippen LogP contribution in [0, 0.1) is 29.1 Å². The molecule has 1 aromatic heterocycles. The topological polar surface area (TPSA) is 42.2 Å². The van der Waals surface area contributed by atoms with Gasteiger partial charge in [-0.2, -0.15) is 13.2 Å². The van der Waals surface area contributed by atoms with Gasteiger partial charge in [-0.3, -0.25) is 4.79 Å². The number of hydrogen-bond donors (Lipinski definition) is 1. The zero-order valence-electron chi connectivity index (χ0n) is 12.9. The van der Waals surface area contributed by atoms with Gasteiger partial charge in [0.25, 0.3) is 0 Å². The van der Waals surface area contributed by atoms with Crippen molar-refractivity contribution in [3.8, 4) is 12.3 Å². The van der Waals surface area contributed by atoms with Gasteiger partial charge in [-0.15, -0.1) is 13.0 Å². The molecule has 1 aliphatic rings. The maximum Gasteiger partial charge on any atom is 0.431 e. The Hall–Kier alpha value is -2.16. The van der Waals surface area contributed by atoms with Crippen LogP contribution in [0.15, 0.2) is 24.9 Å². The summed E-state index contributed by atoms with van der Waals surface area (Å²) in [4.78, 5) is 11.8. The summed E-state index contributed by atoms with van der Waals surface area (Å²) in [7, 11) is 0. The van der Waals surface area contributed by atoms with Gasteiger partial charge in [-0.25, -0.2) is 0 Å². The minimum Gasteiger partial charge on any atom is -0.481 e. The Morgan fingerprint density at radius 3 is 2.57 bits per heavy atom. The van der Waals surface area contributed by atoms with Crippen LogP contribution in [0.5, 0.6) is 0 Å². The quantitative estimate of drug-likeness (QED) is 0.664. The van der Waals surface area contributed by atoms with E-state index in [0.717, 1.165) is 4.57 Å². The Balaban J connectivity index is 2.51. The van der Waals surface area contributed by atoms with Crippen LogP contribution < -0.4 is 0 Å². The molecule has 0 aliphatic heterocycles. The van der Waals surface area contributed by atoms with E-state index in [1.807, 2.05) is 0 Å². The van der Waals surface area contributed by atoms with Gasteiger partial charge in [0.15, 0.2) is 0 Å². The summed E-state index contributed by atoms with van der Waals surface area (Å²) in [6.45, 7) is 6.88. The number of halogens is 3. The maximum absolute atomic E-state index is 13.4. The van der Waals surface area contributed by atoms with Crippen LogP contribution in [0.25, 0.3) is 0 Å². The first kappa shape index (κ1) is 17.2. The molecular weight excluding hydrogens is 307 g/mol. The molecule has 1 aliphatic carbocycles. The van der Waals surface area contributed by atoms with E-state index in [-0.39, 0.29) is 24.4 Å². The summed E-state index contributed by atoms with van der Waals surface area (Å²) in [5.74, 6) is 0.687. The number of carbonyl (C=O) groups is 1. The maximum atomic E-state index is 13.4. The molecule has 1 heterocycles. The van der Waals surface area contributed by atoms with Crippen molar-refractivity contribution in [1.29, 1.82) is 0 Å². The summed E-state index contributed by atoms with van der Waals surface area (Å²) in [6, 6.07) is 1.30. The number of terminal acetylenes is 1. The number of nitrogens with zero attached hydrogens (tertiary/aromatic N) is 1. The van der Waals surface area contributed by atoms with Crippen LogP contribution >= 0.6 is 0 Å². The number of allylic oxidation sites excluding steroid dienone is 1. The number of alkyl halides is 3. The van der Waals surface area contributed by atoms with Crippen LogP contribution in [0.4, 0.5) is 13.2 Å². The molecule has 0 radical (unpaired) electrons. The molecule has 1 saturated carbocycles. The molecule has 3 nitrogen and oxygen atoms in total. The summed E-state index contributed by atoms with van der Waals surface area (Å²) in [5.41, 5.74) is -2.86. The van der Waals surface area contributed by atoms with Gasteiger partial charge in [0.2, 0.25) is 0 Å². The normalized spacial score (nSPS) is 25.7. The van der Waals surface area contributed by atoms with Crippen LogP contribution in [-0.4, -0.2) is 15.6 Å². The first-order valence-corrected chi connectivity index (χ1v) is 7.08. The molecule has 0 unspecified atom stereocenters. The fourth-order valence-electron chi connectivity index (χ4n) is 3.75. The number of carboxylic acids is 1. The van der Waals surface area contributed by atoms with Gasteiger partial charge in [0.1, 0.15) is 5.69 Å². The van der Waals surface area contributed by atoms with Crippen LogP contribution in [0.3, 0.4) is 0 Å². The second-order valence-corrected chi connectivity index (χ2v) is 6.41.